The minimum absolute atomic E-state index is 0.582. The highest BCUT2D eigenvalue weighted by Gasteiger charge is 2.39. The van der Waals surface area contributed by atoms with Crippen molar-refractivity contribution >= 4 is 11.6 Å². The van der Waals surface area contributed by atoms with Crippen molar-refractivity contribution in [2.24, 2.45) is 0 Å². The standard InChI is InChI=1S/C8H5F4NO2/c9-4-1-2-6(14)5(3-4)13-7(15)8(10,11)12/h1-3,14H,(H,13,15). The van der Waals surface area contributed by atoms with Gasteiger partial charge in [0.15, 0.2) is 0 Å². The molecule has 0 aromatic heterocycles. The molecule has 0 aliphatic rings. The Bertz CT molecular complexity index is 389. The summed E-state index contributed by atoms with van der Waals surface area (Å²) in [6, 6.07) is 2.26. The van der Waals surface area contributed by atoms with Crippen LogP contribution in [0.15, 0.2) is 18.2 Å². The monoisotopic (exact) mass is 223 g/mol. The number of nitrogens with one attached hydrogen (secondary N) is 1. The molecule has 1 aromatic rings. The van der Waals surface area contributed by atoms with E-state index in [1.807, 2.05) is 0 Å². The van der Waals surface area contributed by atoms with Crippen molar-refractivity contribution in [2.45, 2.75) is 6.18 Å². The fourth-order valence-electron chi connectivity index (χ4n) is 0.802. The number of phenolic OH excluding ortho intramolecular Hbond substituents is 1. The molecule has 1 aromatic carbocycles. The van der Waals surface area contributed by atoms with E-state index in [-0.39, 0.29) is 0 Å². The molecule has 0 fully saturated rings. The van der Waals surface area contributed by atoms with E-state index in [4.69, 9.17) is 5.11 Å². The molecule has 0 spiro atoms. The number of halogens is 4. The summed E-state index contributed by atoms with van der Waals surface area (Å²) in [5.74, 6) is -3.79. The summed E-state index contributed by atoms with van der Waals surface area (Å²) < 4.78 is 47.9. The zero-order valence-electron chi connectivity index (χ0n) is 7.10. The zero-order valence-corrected chi connectivity index (χ0v) is 7.10. The first-order valence-corrected chi connectivity index (χ1v) is 3.67. The van der Waals surface area contributed by atoms with Crippen molar-refractivity contribution in [1.29, 1.82) is 0 Å². The van der Waals surface area contributed by atoms with Crippen LogP contribution in [0.2, 0.25) is 0 Å². The van der Waals surface area contributed by atoms with Gasteiger partial charge in [-0.15, -0.1) is 0 Å². The highest BCUT2D eigenvalue weighted by Crippen LogP contribution is 2.26. The number of anilines is 1. The van der Waals surface area contributed by atoms with Crippen LogP contribution in [-0.2, 0) is 4.79 Å². The van der Waals surface area contributed by atoms with E-state index < -0.39 is 29.3 Å². The largest absolute Gasteiger partial charge is 0.506 e. The van der Waals surface area contributed by atoms with Crippen LogP contribution in [0.3, 0.4) is 0 Å². The summed E-state index contributed by atoms with van der Waals surface area (Å²) in [6.45, 7) is 0. The molecule has 0 bridgehead atoms. The normalized spacial score (nSPS) is 11.2. The Morgan fingerprint density at radius 2 is 1.93 bits per heavy atom. The van der Waals surface area contributed by atoms with Gasteiger partial charge in [0.1, 0.15) is 11.6 Å². The molecule has 1 rings (SSSR count). The molecule has 0 saturated heterocycles. The highest BCUT2D eigenvalue weighted by molar-refractivity contribution is 5.96. The smallest absolute Gasteiger partial charge is 0.471 e. The minimum atomic E-state index is -5.08. The van der Waals surface area contributed by atoms with Crippen LogP contribution in [0, 0.1) is 5.82 Å². The Morgan fingerprint density at radius 3 is 2.47 bits per heavy atom. The first-order valence-electron chi connectivity index (χ1n) is 3.67. The first kappa shape index (κ1) is 11.3. The molecule has 82 valence electrons. The summed E-state index contributed by atoms with van der Waals surface area (Å²) in [5, 5.41) is 10.3. The number of alkyl halides is 3. The van der Waals surface area contributed by atoms with E-state index in [0.29, 0.717) is 6.07 Å². The third-order valence-electron chi connectivity index (χ3n) is 1.46. The lowest BCUT2D eigenvalue weighted by Crippen LogP contribution is -2.29. The van der Waals surface area contributed by atoms with Crippen LogP contribution >= 0.6 is 0 Å². The molecule has 15 heavy (non-hydrogen) atoms. The average Bonchev–Trinajstić information content (AvgIpc) is 2.09. The number of carbonyl (C=O) groups excluding carboxylic acids is 1. The van der Waals surface area contributed by atoms with E-state index in [2.05, 4.69) is 0 Å². The van der Waals surface area contributed by atoms with Crippen molar-refractivity contribution in [3.63, 3.8) is 0 Å². The van der Waals surface area contributed by atoms with Crippen molar-refractivity contribution in [1.82, 2.24) is 0 Å². The van der Waals surface area contributed by atoms with Crippen molar-refractivity contribution in [3.8, 4) is 5.75 Å². The van der Waals surface area contributed by atoms with Crippen molar-refractivity contribution < 1.29 is 27.5 Å². The summed E-state index contributed by atoms with van der Waals surface area (Å²) >= 11 is 0. The Balaban J connectivity index is 2.90. The maximum atomic E-state index is 12.6. The SMILES string of the molecule is O=C(Nc1cc(F)ccc1O)C(F)(F)F. The van der Waals surface area contributed by atoms with Gasteiger partial charge in [0.25, 0.3) is 0 Å². The van der Waals surface area contributed by atoms with Crippen LogP contribution in [-0.4, -0.2) is 17.2 Å². The second-order valence-corrected chi connectivity index (χ2v) is 2.61. The van der Waals surface area contributed by atoms with E-state index in [9.17, 15) is 22.4 Å². The Hall–Kier alpha value is -1.79. The third kappa shape index (κ3) is 2.83. The quantitative estimate of drug-likeness (QED) is 0.565. The van der Waals surface area contributed by atoms with Gasteiger partial charge in [-0.25, -0.2) is 4.39 Å². The predicted octanol–water partition coefficient (Wildman–Crippen LogP) is 2.03. The van der Waals surface area contributed by atoms with Crippen molar-refractivity contribution in [3.05, 3.63) is 24.0 Å². The molecule has 0 saturated carbocycles. The molecule has 2 N–H and O–H groups in total. The fraction of sp³-hybridized carbons (Fsp3) is 0.125. The molecule has 0 heterocycles. The molecule has 1 amide bonds. The molecule has 0 aliphatic carbocycles. The van der Waals surface area contributed by atoms with Crippen LogP contribution in [0.5, 0.6) is 5.75 Å². The summed E-state index contributed by atoms with van der Waals surface area (Å²) in [6.07, 6.45) is -5.08. The number of amides is 1. The molecular formula is C8H5F4NO2. The molecule has 0 aliphatic heterocycles. The van der Waals surface area contributed by atoms with Gasteiger partial charge in [0.05, 0.1) is 5.69 Å². The second-order valence-electron chi connectivity index (χ2n) is 2.61. The maximum Gasteiger partial charge on any atom is 0.471 e. The number of carbonyl (C=O) groups is 1. The highest BCUT2D eigenvalue weighted by atomic mass is 19.4. The van der Waals surface area contributed by atoms with Crippen LogP contribution in [0.25, 0.3) is 0 Å². The lowest BCUT2D eigenvalue weighted by atomic mass is 10.3. The number of hydrogen-bond donors (Lipinski definition) is 2. The lowest BCUT2D eigenvalue weighted by molar-refractivity contribution is -0.167. The van der Waals surface area contributed by atoms with Gasteiger partial charge in [-0.3, -0.25) is 4.79 Å². The zero-order chi connectivity index (χ0) is 11.6. The van der Waals surface area contributed by atoms with Crippen LogP contribution in [0.1, 0.15) is 0 Å². The van der Waals surface area contributed by atoms with E-state index >= 15 is 0 Å². The fourth-order valence-corrected chi connectivity index (χ4v) is 0.802. The topological polar surface area (TPSA) is 49.3 Å². The van der Waals surface area contributed by atoms with Gasteiger partial charge >= 0.3 is 12.1 Å². The minimum Gasteiger partial charge on any atom is -0.506 e. The van der Waals surface area contributed by atoms with Gasteiger partial charge in [0, 0.05) is 6.07 Å². The number of aromatic hydroxyl groups is 1. The van der Waals surface area contributed by atoms with Crippen molar-refractivity contribution in [2.75, 3.05) is 5.32 Å². The van der Waals surface area contributed by atoms with Gasteiger partial charge in [-0.2, -0.15) is 13.2 Å². The summed E-state index contributed by atoms with van der Waals surface area (Å²) in [4.78, 5) is 10.4. The number of hydrogen-bond acceptors (Lipinski definition) is 2. The molecule has 0 unspecified atom stereocenters. The van der Waals surface area contributed by atoms with E-state index in [0.717, 1.165) is 12.1 Å². The van der Waals surface area contributed by atoms with Gasteiger partial charge < -0.3 is 10.4 Å². The summed E-state index contributed by atoms with van der Waals surface area (Å²) in [5.41, 5.74) is -0.627. The number of phenols is 1. The van der Waals surface area contributed by atoms with E-state index in [1.54, 1.807) is 0 Å². The second kappa shape index (κ2) is 3.76. The maximum absolute atomic E-state index is 12.6. The van der Waals surface area contributed by atoms with Gasteiger partial charge in [-0.05, 0) is 12.1 Å². The van der Waals surface area contributed by atoms with Crippen LogP contribution < -0.4 is 5.32 Å². The molecule has 3 nitrogen and oxygen atoms in total. The summed E-state index contributed by atoms with van der Waals surface area (Å²) in [7, 11) is 0. The van der Waals surface area contributed by atoms with Crippen LogP contribution in [0.4, 0.5) is 23.2 Å². The average molecular weight is 223 g/mol. The molecule has 7 heteroatoms. The molecular weight excluding hydrogens is 218 g/mol. The van der Waals surface area contributed by atoms with Gasteiger partial charge in [-0.1, -0.05) is 0 Å². The van der Waals surface area contributed by atoms with Gasteiger partial charge in [0.2, 0.25) is 0 Å². The lowest BCUT2D eigenvalue weighted by Gasteiger charge is -2.09. The Morgan fingerprint density at radius 1 is 1.33 bits per heavy atom. The molecule has 0 radical (unpaired) electrons. The molecule has 0 atom stereocenters. The number of benzene rings is 1. The number of rotatable bonds is 1. The third-order valence-corrected chi connectivity index (χ3v) is 1.46. The predicted molar refractivity (Wildman–Crippen MR) is 42.7 cm³/mol. The van der Waals surface area contributed by atoms with E-state index in [1.165, 1.54) is 5.32 Å². The Kier molecular flexibility index (Phi) is 2.83. The first-order chi connectivity index (χ1) is 6.80. The Labute approximate surface area is 81.3 Å².